The number of benzene rings is 1. The van der Waals surface area contributed by atoms with Gasteiger partial charge in [0.05, 0.1) is 8.07 Å². The van der Waals surface area contributed by atoms with Gasteiger partial charge in [-0.3, -0.25) is 0 Å². The molecule has 2 aromatic rings. The van der Waals surface area contributed by atoms with Gasteiger partial charge in [-0.1, -0.05) is 52.5 Å². The second-order valence-corrected chi connectivity index (χ2v) is 13.9. The summed E-state index contributed by atoms with van der Waals surface area (Å²) in [6, 6.07) is 9.37. The highest BCUT2D eigenvalue weighted by Crippen LogP contribution is 2.28. The highest BCUT2D eigenvalue weighted by molar-refractivity contribution is 6.89. The first-order valence-corrected chi connectivity index (χ1v) is 12.0. The Bertz CT molecular complexity index is 731. The molecule has 0 aliphatic rings. The summed E-state index contributed by atoms with van der Waals surface area (Å²) in [6.45, 7) is 18.6. The molecule has 1 aromatic heterocycles. The molecule has 0 saturated carbocycles. The van der Waals surface area contributed by atoms with Crippen molar-refractivity contribution in [3.63, 3.8) is 0 Å². The highest BCUT2D eigenvalue weighted by atomic mass is 28.3. The highest BCUT2D eigenvalue weighted by Gasteiger charge is 2.24. The lowest BCUT2D eigenvalue weighted by molar-refractivity contribution is -0.660. The van der Waals surface area contributed by atoms with Crippen LogP contribution in [-0.2, 0) is 12.5 Å². The molecule has 1 nitrogen and oxygen atoms in total. The summed E-state index contributed by atoms with van der Waals surface area (Å²) in [5.74, 6) is 0. The molecule has 0 fully saturated rings. The van der Waals surface area contributed by atoms with Gasteiger partial charge in [0.2, 0.25) is 5.69 Å². The van der Waals surface area contributed by atoms with Crippen LogP contribution in [0.1, 0.15) is 37.5 Å². The summed E-state index contributed by atoms with van der Waals surface area (Å²) in [5.41, 5.74) is 7.05. The Morgan fingerprint density at radius 3 is 2.00 bits per heavy atom. The van der Waals surface area contributed by atoms with Crippen LogP contribution in [0.25, 0.3) is 11.3 Å². The molecule has 0 spiro atoms. The zero-order valence-electron chi connectivity index (χ0n) is 16.3. The molecule has 2 rings (SSSR count). The number of aromatic nitrogens is 1. The lowest BCUT2D eigenvalue weighted by Crippen LogP contribution is -2.44. The van der Waals surface area contributed by atoms with Crippen LogP contribution in [0.15, 0.2) is 30.5 Å². The largest absolute Gasteiger partial charge is 0.212 e. The molecule has 0 saturated heterocycles. The minimum atomic E-state index is -1.34. The molecule has 0 radical (unpaired) electrons. The average molecular weight is 327 g/mol. The molecule has 0 N–H and O–H groups in total. The summed E-state index contributed by atoms with van der Waals surface area (Å²) < 4.78 is 2.28. The predicted molar refractivity (Wildman–Crippen MR) is 104 cm³/mol. The predicted octanol–water partition coefficient (Wildman–Crippen LogP) is 4.64. The van der Waals surface area contributed by atoms with Gasteiger partial charge in [-0.05, 0) is 41.6 Å². The third kappa shape index (κ3) is 3.74. The fourth-order valence-corrected chi connectivity index (χ4v) is 5.09. The van der Waals surface area contributed by atoms with E-state index in [2.05, 4.69) is 96.3 Å². The van der Waals surface area contributed by atoms with Gasteiger partial charge in [-0.25, -0.2) is 4.57 Å². The summed E-state index contributed by atoms with van der Waals surface area (Å²) >= 11 is 0. The smallest absolute Gasteiger partial charge is 0.201 e. The minimum Gasteiger partial charge on any atom is -0.201 e. The molecular weight excluding hydrogens is 294 g/mol. The molecule has 0 aliphatic carbocycles. The van der Waals surface area contributed by atoms with Crippen molar-refractivity contribution < 1.29 is 4.57 Å². The van der Waals surface area contributed by atoms with E-state index in [0.717, 1.165) is 0 Å². The van der Waals surface area contributed by atoms with Gasteiger partial charge in [0.15, 0.2) is 6.20 Å². The van der Waals surface area contributed by atoms with E-state index < -0.39 is 8.07 Å². The molecular formula is C21H32NSi+. The summed E-state index contributed by atoms with van der Waals surface area (Å²) in [4.78, 5) is 0. The van der Waals surface area contributed by atoms with E-state index in [1.54, 1.807) is 5.19 Å². The Kier molecular flexibility index (Phi) is 4.60. The van der Waals surface area contributed by atoms with E-state index in [1.165, 1.54) is 27.9 Å². The van der Waals surface area contributed by atoms with Crippen molar-refractivity contribution in [1.29, 1.82) is 0 Å². The Morgan fingerprint density at radius 2 is 1.52 bits per heavy atom. The second-order valence-electron chi connectivity index (χ2n) is 8.90. The molecule has 2 heteroatoms. The molecule has 1 aromatic carbocycles. The Hall–Kier alpha value is -1.41. The van der Waals surface area contributed by atoms with Gasteiger partial charge >= 0.3 is 0 Å². The topological polar surface area (TPSA) is 3.88 Å². The van der Waals surface area contributed by atoms with E-state index in [-0.39, 0.29) is 5.41 Å². The molecule has 23 heavy (non-hydrogen) atoms. The standard InChI is InChI=1S/C21H32NSi/c1-15-12-17(21(3,4)5)10-11-18(15)19-13-20(23(7,8)9)16(2)14-22(19)6/h10-14H,1-9H3/q+1. The lowest BCUT2D eigenvalue weighted by Gasteiger charge is -2.21. The molecule has 0 amide bonds. The summed E-state index contributed by atoms with van der Waals surface area (Å²) in [7, 11) is 0.824. The summed E-state index contributed by atoms with van der Waals surface area (Å²) in [5, 5.41) is 1.56. The number of aryl methyl sites for hydroxylation is 3. The van der Waals surface area contributed by atoms with E-state index in [1.807, 2.05) is 0 Å². The maximum Gasteiger partial charge on any atom is 0.212 e. The van der Waals surface area contributed by atoms with Crippen molar-refractivity contribution in [3.8, 4) is 11.3 Å². The fraction of sp³-hybridized carbons (Fsp3) is 0.476. The normalized spacial score (nSPS) is 12.6. The van der Waals surface area contributed by atoms with E-state index in [9.17, 15) is 0 Å². The molecule has 124 valence electrons. The maximum atomic E-state index is 2.43. The van der Waals surface area contributed by atoms with Gasteiger partial charge in [0, 0.05) is 17.2 Å². The lowest BCUT2D eigenvalue weighted by atomic mass is 9.85. The van der Waals surface area contributed by atoms with Crippen molar-refractivity contribution in [2.24, 2.45) is 7.05 Å². The Labute approximate surface area is 143 Å². The number of rotatable bonds is 2. The van der Waals surface area contributed by atoms with Gasteiger partial charge in [-0.15, -0.1) is 0 Å². The number of hydrogen-bond acceptors (Lipinski definition) is 0. The molecule has 0 bridgehead atoms. The van der Waals surface area contributed by atoms with Gasteiger partial charge < -0.3 is 0 Å². The molecule has 0 unspecified atom stereocenters. The number of pyridine rings is 1. The first-order valence-electron chi connectivity index (χ1n) is 8.53. The van der Waals surface area contributed by atoms with Crippen LogP contribution in [-0.4, -0.2) is 8.07 Å². The van der Waals surface area contributed by atoms with Crippen molar-refractivity contribution in [1.82, 2.24) is 0 Å². The van der Waals surface area contributed by atoms with Crippen LogP contribution >= 0.6 is 0 Å². The van der Waals surface area contributed by atoms with Crippen LogP contribution in [0.3, 0.4) is 0 Å². The minimum absolute atomic E-state index is 0.197. The molecule has 1 heterocycles. The second kappa shape index (κ2) is 5.90. The van der Waals surface area contributed by atoms with Crippen LogP contribution in [0.2, 0.25) is 19.6 Å². The first kappa shape index (κ1) is 17.9. The van der Waals surface area contributed by atoms with Gasteiger partial charge in [0.25, 0.3) is 0 Å². The van der Waals surface area contributed by atoms with Gasteiger partial charge in [-0.2, -0.15) is 0 Å². The van der Waals surface area contributed by atoms with E-state index >= 15 is 0 Å². The Morgan fingerprint density at radius 1 is 0.913 bits per heavy atom. The Balaban J connectivity index is 2.63. The maximum absolute atomic E-state index is 2.43. The number of hydrogen-bond donors (Lipinski definition) is 0. The van der Waals surface area contributed by atoms with Crippen LogP contribution in [0.5, 0.6) is 0 Å². The van der Waals surface area contributed by atoms with Crippen molar-refractivity contribution in [2.75, 3.05) is 0 Å². The average Bonchev–Trinajstić information content (AvgIpc) is 2.36. The van der Waals surface area contributed by atoms with Crippen molar-refractivity contribution in [2.45, 2.75) is 59.7 Å². The van der Waals surface area contributed by atoms with Crippen molar-refractivity contribution in [3.05, 3.63) is 47.2 Å². The summed E-state index contributed by atoms with van der Waals surface area (Å²) in [6.07, 6.45) is 2.29. The first-order chi connectivity index (χ1) is 10.4. The van der Waals surface area contributed by atoms with Crippen LogP contribution in [0, 0.1) is 13.8 Å². The molecule has 0 atom stereocenters. The van der Waals surface area contributed by atoms with E-state index in [4.69, 9.17) is 0 Å². The fourth-order valence-electron chi connectivity index (χ4n) is 3.28. The van der Waals surface area contributed by atoms with E-state index in [0.29, 0.717) is 0 Å². The number of nitrogens with zero attached hydrogens (tertiary/aromatic N) is 1. The third-order valence-electron chi connectivity index (χ3n) is 4.65. The SMILES string of the molecule is Cc1cc(C(C)(C)C)ccc1-c1cc([Si](C)(C)C)c(C)c[n+]1C. The third-order valence-corrected chi connectivity index (χ3v) is 6.80. The zero-order valence-corrected chi connectivity index (χ0v) is 17.3. The monoisotopic (exact) mass is 326 g/mol. The van der Waals surface area contributed by atoms with Gasteiger partial charge in [0.1, 0.15) is 7.05 Å². The van der Waals surface area contributed by atoms with Crippen LogP contribution in [0.4, 0.5) is 0 Å². The quantitative estimate of drug-likeness (QED) is 0.559. The zero-order chi connectivity index (χ0) is 17.6. The van der Waals surface area contributed by atoms with Crippen molar-refractivity contribution >= 4 is 13.3 Å². The van der Waals surface area contributed by atoms with Crippen LogP contribution < -0.4 is 9.75 Å². The molecule has 0 aliphatic heterocycles.